The topological polar surface area (TPSA) is 20.2 Å². The number of phenolic OH excluding ortho intramolecular Hbond substituents is 1. The number of hydrogen-bond acceptors (Lipinski definition) is 1. The molecule has 0 saturated carbocycles. The van der Waals surface area contributed by atoms with Crippen LogP contribution in [0.25, 0.3) is 11.1 Å². The van der Waals surface area contributed by atoms with Crippen molar-refractivity contribution in [2.45, 2.75) is 6.92 Å². The van der Waals surface area contributed by atoms with E-state index in [1.54, 1.807) is 31.2 Å². The van der Waals surface area contributed by atoms with Gasteiger partial charge in [-0.25, -0.2) is 4.39 Å². The van der Waals surface area contributed by atoms with Gasteiger partial charge >= 0.3 is 0 Å². The van der Waals surface area contributed by atoms with Gasteiger partial charge in [0.1, 0.15) is 11.6 Å². The molecule has 0 fully saturated rings. The lowest BCUT2D eigenvalue weighted by molar-refractivity contribution is 0.471. The number of halogens is 2. The fraction of sp³-hybridized carbons (Fsp3) is 0.0769. The first-order chi connectivity index (χ1) is 7.59. The Morgan fingerprint density at radius 1 is 1.19 bits per heavy atom. The van der Waals surface area contributed by atoms with Gasteiger partial charge in [-0.15, -0.1) is 0 Å². The molecule has 2 aromatic rings. The Balaban J connectivity index is 2.59. The van der Waals surface area contributed by atoms with Crippen LogP contribution in [0.5, 0.6) is 5.75 Å². The van der Waals surface area contributed by atoms with Gasteiger partial charge in [0.25, 0.3) is 0 Å². The van der Waals surface area contributed by atoms with Crippen molar-refractivity contribution >= 4 is 11.6 Å². The molecule has 0 aliphatic rings. The molecule has 0 atom stereocenters. The number of hydrogen-bond donors (Lipinski definition) is 1. The summed E-state index contributed by atoms with van der Waals surface area (Å²) in [5.74, 6) is -0.315. The molecule has 0 saturated heterocycles. The molecular formula is C13H10ClFO. The number of aryl methyl sites for hydroxylation is 1. The number of phenols is 1. The van der Waals surface area contributed by atoms with E-state index in [-0.39, 0.29) is 10.8 Å². The lowest BCUT2D eigenvalue weighted by Gasteiger charge is -2.06. The Kier molecular flexibility index (Phi) is 2.84. The third kappa shape index (κ3) is 1.89. The molecule has 0 aliphatic heterocycles. The van der Waals surface area contributed by atoms with Crippen LogP contribution in [-0.4, -0.2) is 5.11 Å². The van der Waals surface area contributed by atoms with Gasteiger partial charge in [-0.3, -0.25) is 0 Å². The minimum absolute atomic E-state index is 0.0811. The highest BCUT2D eigenvalue weighted by Crippen LogP contribution is 2.30. The van der Waals surface area contributed by atoms with E-state index >= 15 is 0 Å². The van der Waals surface area contributed by atoms with Crippen LogP contribution in [0.1, 0.15) is 5.56 Å². The van der Waals surface area contributed by atoms with Crippen LogP contribution in [0.3, 0.4) is 0 Å². The highest BCUT2D eigenvalue weighted by Gasteiger charge is 2.09. The van der Waals surface area contributed by atoms with Crippen molar-refractivity contribution in [1.29, 1.82) is 0 Å². The average Bonchev–Trinajstić information content (AvgIpc) is 2.26. The van der Waals surface area contributed by atoms with E-state index in [2.05, 4.69) is 0 Å². The van der Waals surface area contributed by atoms with Gasteiger partial charge < -0.3 is 5.11 Å². The van der Waals surface area contributed by atoms with Gasteiger partial charge in [-0.05, 0) is 30.2 Å². The van der Waals surface area contributed by atoms with Crippen LogP contribution in [0.2, 0.25) is 5.02 Å². The number of benzene rings is 2. The van der Waals surface area contributed by atoms with Crippen molar-refractivity contribution in [2.75, 3.05) is 0 Å². The van der Waals surface area contributed by atoms with Crippen molar-refractivity contribution in [2.24, 2.45) is 0 Å². The third-order valence-electron chi connectivity index (χ3n) is 2.47. The van der Waals surface area contributed by atoms with Gasteiger partial charge in [0.15, 0.2) is 0 Å². The molecule has 82 valence electrons. The van der Waals surface area contributed by atoms with E-state index in [9.17, 15) is 9.50 Å². The van der Waals surface area contributed by atoms with Crippen LogP contribution < -0.4 is 0 Å². The smallest absolute Gasteiger partial charge is 0.149 e. The fourth-order valence-electron chi connectivity index (χ4n) is 1.50. The van der Waals surface area contributed by atoms with E-state index in [1.165, 1.54) is 12.1 Å². The van der Waals surface area contributed by atoms with Crippen molar-refractivity contribution in [3.05, 3.63) is 52.8 Å². The van der Waals surface area contributed by atoms with Crippen molar-refractivity contribution in [3.8, 4) is 16.9 Å². The van der Waals surface area contributed by atoms with Crippen molar-refractivity contribution < 1.29 is 9.50 Å². The SMILES string of the molecule is Cc1ccc(-c2cccc(Cl)c2F)cc1O. The van der Waals surface area contributed by atoms with Gasteiger partial charge in [0, 0.05) is 5.56 Å². The summed E-state index contributed by atoms with van der Waals surface area (Å²) in [5.41, 5.74) is 1.76. The Hall–Kier alpha value is -1.54. The van der Waals surface area contributed by atoms with Crippen molar-refractivity contribution in [1.82, 2.24) is 0 Å². The molecule has 3 heteroatoms. The summed E-state index contributed by atoms with van der Waals surface area (Å²) in [4.78, 5) is 0. The second-order valence-electron chi connectivity index (χ2n) is 3.60. The molecule has 0 radical (unpaired) electrons. The fourth-order valence-corrected chi connectivity index (χ4v) is 1.68. The van der Waals surface area contributed by atoms with Gasteiger partial charge in [0.2, 0.25) is 0 Å². The predicted molar refractivity (Wildman–Crippen MR) is 63.2 cm³/mol. The molecule has 2 rings (SSSR count). The highest BCUT2D eigenvalue weighted by molar-refractivity contribution is 6.31. The standard InChI is InChI=1S/C13H10ClFO/c1-8-5-6-9(7-12(8)16)10-3-2-4-11(14)13(10)15/h2-7,16H,1H3. The van der Waals surface area contributed by atoms with E-state index in [4.69, 9.17) is 11.6 Å². The first-order valence-corrected chi connectivity index (χ1v) is 5.21. The molecule has 2 aromatic carbocycles. The van der Waals surface area contributed by atoms with E-state index < -0.39 is 5.82 Å². The third-order valence-corrected chi connectivity index (χ3v) is 2.76. The minimum Gasteiger partial charge on any atom is -0.508 e. The molecule has 16 heavy (non-hydrogen) atoms. The van der Waals surface area contributed by atoms with Gasteiger partial charge in [-0.1, -0.05) is 35.9 Å². The van der Waals surface area contributed by atoms with Crippen LogP contribution in [-0.2, 0) is 0 Å². The molecule has 0 aromatic heterocycles. The normalized spacial score (nSPS) is 10.4. The maximum atomic E-state index is 13.7. The van der Waals surface area contributed by atoms with E-state index in [1.807, 2.05) is 0 Å². The quantitative estimate of drug-likeness (QED) is 0.788. The largest absolute Gasteiger partial charge is 0.508 e. The summed E-state index contributed by atoms with van der Waals surface area (Å²) in [5, 5.41) is 9.65. The summed E-state index contributed by atoms with van der Waals surface area (Å²) < 4.78 is 13.7. The summed E-state index contributed by atoms with van der Waals surface area (Å²) in [6.07, 6.45) is 0. The summed E-state index contributed by atoms with van der Waals surface area (Å²) in [6, 6.07) is 9.83. The van der Waals surface area contributed by atoms with E-state index in [0.29, 0.717) is 11.1 Å². The van der Waals surface area contributed by atoms with Crippen LogP contribution >= 0.6 is 11.6 Å². The van der Waals surface area contributed by atoms with Gasteiger partial charge in [-0.2, -0.15) is 0 Å². The van der Waals surface area contributed by atoms with E-state index in [0.717, 1.165) is 5.56 Å². The first kappa shape index (κ1) is 11.0. The molecule has 0 spiro atoms. The molecule has 0 amide bonds. The molecular weight excluding hydrogens is 227 g/mol. The zero-order valence-electron chi connectivity index (χ0n) is 8.67. The Labute approximate surface area is 98.1 Å². The van der Waals surface area contributed by atoms with Crippen LogP contribution in [0.4, 0.5) is 4.39 Å². The lowest BCUT2D eigenvalue weighted by atomic mass is 10.0. The maximum Gasteiger partial charge on any atom is 0.149 e. The minimum atomic E-state index is -0.465. The second-order valence-corrected chi connectivity index (χ2v) is 4.01. The molecule has 0 unspecified atom stereocenters. The van der Waals surface area contributed by atoms with Crippen LogP contribution in [0, 0.1) is 12.7 Å². The monoisotopic (exact) mass is 236 g/mol. The molecule has 1 N–H and O–H groups in total. The first-order valence-electron chi connectivity index (χ1n) is 4.83. The zero-order chi connectivity index (χ0) is 11.7. The summed E-state index contributed by atoms with van der Waals surface area (Å²) in [6.45, 7) is 1.79. The highest BCUT2D eigenvalue weighted by atomic mass is 35.5. The number of aromatic hydroxyl groups is 1. The Morgan fingerprint density at radius 2 is 1.94 bits per heavy atom. The zero-order valence-corrected chi connectivity index (χ0v) is 9.42. The average molecular weight is 237 g/mol. The Bertz CT molecular complexity index is 537. The Morgan fingerprint density at radius 3 is 2.62 bits per heavy atom. The summed E-state index contributed by atoms with van der Waals surface area (Å²) >= 11 is 5.70. The predicted octanol–water partition coefficient (Wildman–Crippen LogP) is 4.16. The lowest BCUT2D eigenvalue weighted by Crippen LogP contribution is -1.86. The van der Waals surface area contributed by atoms with Crippen LogP contribution in [0.15, 0.2) is 36.4 Å². The summed E-state index contributed by atoms with van der Waals surface area (Å²) in [7, 11) is 0. The molecule has 0 bridgehead atoms. The van der Waals surface area contributed by atoms with Gasteiger partial charge in [0.05, 0.1) is 5.02 Å². The van der Waals surface area contributed by atoms with Crippen molar-refractivity contribution in [3.63, 3.8) is 0 Å². The number of rotatable bonds is 1. The second kappa shape index (κ2) is 4.14. The molecule has 1 nitrogen and oxygen atoms in total. The molecule has 0 heterocycles. The molecule has 0 aliphatic carbocycles. The maximum absolute atomic E-state index is 13.7.